The second-order valence-electron chi connectivity index (χ2n) is 6.98. The monoisotopic (exact) mass is 418 g/mol. The summed E-state index contributed by atoms with van der Waals surface area (Å²) in [6.07, 6.45) is -0.792. The second kappa shape index (κ2) is 9.21. The molecular weight excluding hydrogens is 396 g/mol. The minimum atomic E-state index is -0.792. The summed E-state index contributed by atoms with van der Waals surface area (Å²) in [5, 5.41) is 5.66. The molecule has 31 heavy (non-hydrogen) atoms. The van der Waals surface area contributed by atoms with E-state index in [9.17, 15) is 9.59 Å². The summed E-state index contributed by atoms with van der Waals surface area (Å²) in [4.78, 5) is 25.2. The highest BCUT2D eigenvalue weighted by Crippen LogP contribution is 2.32. The molecule has 0 aliphatic carbocycles. The molecule has 0 saturated carbocycles. The number of fused-ring (bicyclic) bond motifs is 1. The molecule has 0 fully saturated rings. The first-order valence-corrected chi connectivity index (χ1v) is 9.88. The molecule has 7 heteroatoms. The number of carbonyl (C=O) groups excluding carboxylic acids is 2. The molecule has 0 spiro atoms. The Morgan fingerprint density at radius 3 is 2.55 bits per heavy atom. The number of amides is 2. The summed E-state index contributed by atoms with van der Waals surface area (Å²) in [5.74, 6) is 1.08. The average molecular weight is 418 g/mol. The Bertz CT molecular complexity index is 1080. The van der Waals surface area contributed by atoms with Crippen LogP contribution in [0.25, 0.3) is 0 Å². The molecule has 2 N–H and O–H groups in total. The van der Waals surface area contributed by atoms with Crippen molar-refractivity contribution in [3.8, 4) is 17.2 Å². The molecule has 0 aromatic heterocycles. The van der Waals surface area contributed by atoms with E-state index in [1.54, 1.807) is 43.3 Å². The first kappa shape index (κ1) is 20.3. The van der Waals surface area contributed by atoms with E-state index in [0.29, 0.717) is 35.0 Å². The summed E-state index contributed by atoms with van der Waals surface area (Å²) in [5.41, 5.74) is 1.91. The first-order chi connectivity index (χ1) is 15.1. The SMILES string of the molecule is C[C@@H](Oc1ccccc1C(=O)Nc1ccccc1)C(=O)NCc1ccc2c(c1)OCO2. The van der Waals surface area contributed by atoms with Crippen molar-refractivity contribution >= 4 is 17.5 Å². The number of carbonyl (C=O) groups is 2. The lowest BCUT2D eigenvalue weighted by Gasteiger charge is -2.17. The van der Waals surface area contributed by atoms with Crippen LogP contribution in [0.5, 0.6) is 17.2 Å². The van der Waals surface area contributed by atoms with E-state index >= 15 is 0 Å². The van der Waals surface area contributed by atoms with Crippen molar-refractivity contribution in [1.29, 1.82) is 0 Å². The average Bonchev–Trinajstić information content (AvgIpc) is 3.26. The number of rotatable bonds is 7. The van der Waals surface area contributed by atoms with Gasteiger partial charge < -0.3 is 24.8 Å². The van der Waals surface area contributed by atoms with Gasteiger partial charge in [0.15, 0.2) is 17.6 Å². The van der Waals surface area contributed by atoms with E-state index in [-0.39, 0.29) is 18.6 Å². The van der Waals surface area contributed by atoms with Crippen LogP contribution in [0.2, 0.25) is 0 Å². The Hall–Kier alpha value is -4.00. The largest absolute Gasteiger partial charge is 0.480 e. The Balaban J connectivity index is 1.37. The molecule has 4 rings (SSSR count). The zero-order chi connectivity index (χ0) is 21.6. The highest BCUT2D eigenvalue weighted by Gasteiger charge is 2.19. The predicted octanol–water partition coefficient (Wildman–Crippen LogP) is 3.75. The van der Waals surface area contributed by atoms with Gasteiger partial charge >= 0.3 is 0 Å². The number of para-hydroxylation sites is 2. The van der Waals surface area contributed by atoms with Crippen LogP contribution in [0.1, 0.15) is 22.8 Å². The van der Waals surface area contributed by atoms with Crippen LogP contribution in [0.4, 0.5) is 5.69 Å². The Morgan fingerprint density at radius 2 is 1.71 bits per heavy atom. The number of hydrogen-bond acceptors (Lipinski definition) is 5. The van der Waals surface area contributed by atoms with Crippen LogP contribution < -0.4 is 24.8 Å². The van der Waals surface area contributed by atoms with E-state index < -0.39 is 6.10 Å². The number of ether oxygens (including phenoxy) is 3. The van der Waals surface area contributed by atoms with E-state index in [1.165, 1.54) is 0 Å². The molecule has 1 aliphatic rings. The van der Waals surface area contributed by atoms with Gasteiger partial charge in [-0.05, 0) is 48.9 Å². The van der Waals surface area contributed by atoms with Gasteiger partial charge in [-0.3, -0.25) is 9.59 Å². The predicted molar refractivity (Wildman–Crippen MR) is 115 cm³/mol. The number of benzene rings is 3. The quantitative estimate of drug-likeness (QED) is 0.610. The highest BCUT2D eigenvalue weighted by molar-refractivity contribution is 6.06. The van der Waals surface area contributed by atoms with Gasteiger partial charge in [-0.25, -0.2) is 0 Å². The van der Waals surface area contributed by atoms with Gasteiger partial charge in [0.2, 0.25) is 6.79 Å². The molecule has 158 valence electrons. The van der Waals surface area contributed by atoms with Gasteiger partial charge in [0.25, 0.3) is 11.8 Å². The summed E-state index contributed by atoms with van der Waals surface area (Å²) in [7, 11) is 0. The maximum atomic E-state index is 12.7. The summed E-state index contributed by atoms with van der Waals surface area (Å²) < 4.78 is 16.5. The zero-order valence-electron chi connectivity index (χ0n) is 17.0. The fourth-order valence-corrected chi connectivity index (χ4v) is 3.10. The van der Waals surface area contributed by atoms with E-state index in [2.05, 4.69) is 10.6 Å². The molecule has 0 unspecified atom stereocenters. The van der Waals surface area contributed by atoms with Crippen molar-refractivity contribution in [2.75, 3.05) is 12.1 Å². The topological polar surface area (TPSA) is 85.9 Å². The van der Waals surface area contributed by atoms with Crippen molar-refractivity contribution < 1.29 is 23.8 Å². The molecular formula is C24H22N2O5. The maximum Gasteiger partial charge on any atom is 0.261 e. The third kappa shape index (κ3) is 4.95. The Labute approximate surface area is 179 Å². The van der Waals surface area contributed by atoms with Crippen LogP contribution >= 0.6 is 0 Å². The molecule has 0 radical (unpaired) electrons. The van der Waals surface area contributed by atoms with Gasteiger partial charge in [0.1, 0.15) is 5.75 Å². The summed E-state index contributed by atoms with van der Waals surface area (Å²) >= 11 is 0. The van der Waals surface area contributed by atoms with Crippen LogP contribution in [0.15, 0.2) is 72.8 Å². The van der Waals surface area contributed by atoms with E-state index in [4.69, 9.17) is 14.2 Å². The van der Waals surface area contributed by atoms with Crippen molar-refractivity contribution in [2.24, 2.45) is 0 Å². The minimum absolute atomic E-state index is 0.202. The standard InChI is InChI=1S/C24H22N2O5/c1-16(23(27)25-14-17-11-12-21-22(13-17)30-15-29-21)31-20-10-6-5-9-19(20)24(28)26-18-7-3-2-4-8-18/h2-13,16H,14-15H2,1H3,(H,25,27)(H,26,28)/t16-/m1/s1. The summed E-state index contributed by atoms with van der Waals surface area (Å²) in [6, 6.07) is 21.5. The molecule has 7 nitrogen and oxygen atoms in total. The molecule has 3 aromatic rings. The Morgan fingerprint density at radius 1 is 0.968 bits per heavy atom. The van der Waals surface area contributed by atoms with Gasteiger partial charge in [-0.1, -0.05) is 36.4 Å². The third-order valence-corrected chi connectivity index (χ3v) is 4.74. The van der Waals surface area contributed by atoms with Gasteiger partial charge in [0.05, 0.1) is 5.56 Å². The van der Waals surface area contributed by atoms with Gasteiger partial charge in [-0.2, -0.15) is 0 Å². The van der Waals surface area contributed by atoms with Gasteiger partial charge in [-0.15, -0.1) is 0 Å². The fourth-order valence-electron chi connectivity index (χ4n) is 3.10. The van der Waals surface area contributed by atoms with Crippen molar-refractivity contribution in [2.45, 2.75) is 19.6 Å². The van der Waals surface area contributed by atoms with Crippen molar-refractivity contribution in [3.63, 3.8) is 0 Å². The third-order valence-electron chi connectivity index (χ3n) is 4.74. The lowest BCUT2D eigenvalue weighted by atomic mass is 10.1. The minimum Gasteiger partial charge on any atom is -0.480 e. The molecule has 0 saturated heterocycles. The van der Waals surface area contributed by atoms with E-state index in [1.807, 2.05) is 36.4 Å². The second-order valence-corrected chi connectivity index (χ2v) is 6.98. The molecule has 2 amide bonds. The highest BCUT2D eigenvalue weighted by atomic mass is 16.7. The number of hydrogen-bond donors (Lipinski definition) is 2. The fraction of sp³-hybridized carbons (Fsp3) is 0.167. The van der Waals surface area contributed by atoms with Crippen LogP contribution in [0, 0.1) is 0 Å². The molecule has 0 bridgehead atoms. The van der Waals surface area contributed by atoms with Crippen molar-refractivity contribution in [3.05, 3.63) is 83.9 Å². The molecule has 1 atom stereocenters. The number of anilines is 1. The van der Waals surface area contributed by atoms with Gasteiger partial charge in [0, 0.05) is 12.2 Å². The van der Waals surface area contributed by atoms with E-state index in [0.717, 1.165) is 5.56 Å². The van der Waals surface area contributed by atoms with Crippen LogP contribution in [-0.2, 0) is 11.3 Å². The number of nitrogens with one attached hydrogen (secondary N) is 2. The lowest BCUT2D eigenvalue weighted by molar-refractivity contribution is -0.127. The smallest absolute Gasteiger partial charge is 0.261 e. The first-order valence-electron chi connectivity index (χ1n) is 9.88. The van der Waals surface area contributed by atoms with Crippen LogP contribution in [-0.4, -0.2) is 24.7 Å². The summed E-state index contributed by atoms with van der Waals surface area (Å²) in [6.45, 7) is 2.16. The lowest BCUT2D eigenvalue weighted by Crippen LogP contribution is -2.36. The normalized spacial score (nSPS) is 12.7. The zero-order valence-corrected chi connectivity index (χ0v) is 17.0. The van der Waals surface area contributed by atoms with Crippen LogP contribution in [0.3, 0.4) is 0 Å². The molecule has 3 aromatic carbocycles. The maximum absolute atomic E-state index is 12.7. The van der Waals surface area contributed by atoms with Crippen molar-refractivity contribution in [1.82, 2.24) is 5.32 Å². The molecule has 1 aliphatic heterocycles. The molecule has 1 heterocycles. The Kier molecular flexibility index (Phi) is 6.03.